The predicted molar refractivity (Wildman–Crippen MR) is 81.1 cm³/mol. The fourth-order valence-corrected chi connectivity index (χ4v) is 3.60. The number of aromatic nitrogens is 3. The maximum Gasteiger partial charge on any atom is 0.247 e. The molecular weight excluding hydrogens is 314 g/mol. The van der Waals surface area contributed by atoms with Crippen LogP contribution in [0.1, 0.15) is 18.1 Å². The van der Waals surface area contributed by atoms with Crippen molar-refractivity contribution in [3.05, 3.63) is 46.8 Å². The summed E-state index contributed by atoms with van der Waals surface area (Å²) in [4.78, 5) is 4.23. The van der Waals surface area contributed by atoms with Crippen LogP contribution in [0, 0.1) is 0 Å². The summed E-state index contributed by atoms with van der Waals surface area (Å²) in [6.45, 7) is 2.02. The molecule has 2 heterocycles. The lowest BCUT2D eigenvalue weighted by molar-refractivity contribution is 0.509. The quantitative estimate of drug-likeness (QED) is 0.651. The molecule has 2 aromatic heterocycles. The van der Waals surface area contributed by atoms with E-state index in [2.05, 4.69) is 15.2 Å². The van der Waals surface area contributed by atoms with E-state index in [1.54, 1.807) is 35.4 Å². The monoisotopic (exact) mass is 323 g/mol. The Morgan fingerprint density at radius 1 is 1.35 bits per heavy atom. The van der Waals surface area contributed by atoms with E-state index < -0.39 is 0 Å². The third-order valence-electron chi connectivity index (χ3n) is 2.55. The third-order valence-corrected chi connectivity index (χ3v) is 4.79. The van der Waals surface area contributed by atoms with Crippen molar-refractivity contribution in [2.24, 2.45) is 0 Å². The van der Waals surface area contributed by atoms with Gasteiger partial charge < -0.3 is 4.42 Å². The molecule has 4 nitrogen and oxygen atoms in total. The number of rotatable bonds is 4. The number of hydrogen-bond donors (Lipinski definition) is 0. The van der Waals surface area contributed by atoms with Crippen LogP contribution in [0.15, 0.2) is 44.6 Å². The normalized spacial score (nSPS) is 12.5. The highest BCUT2D eigenvalue weighted by atomic mass is 35.5. The van der Waals surface area contributed by atoms with Crippen LogP contribution in [0.5, 0.6) is 0 Å². The summed E-state index contributed by atoms with van der Waals surface area (Å²) in [5.74, 6) is 1.06. The molecule has 0 aliphatic rings. The molecule has 0 saturated carbocycles. The number of hydrogen-bond acceptors (Lipinski definition) is 6. The van der Waals surface area contributed by atoms with Gasteiger partial charge in [-0.15, -0.1) is 21.5 Å². The third kappa shape index (κ3) is 3.03. The molecule has 102 valence electrons. The topological polar surface area (TPSA) is 51.8 Å². The largest absolute Gasteiger partial charge is 0.419 e. The van der Waals surface area contributed by atoms with Gasteiger partial charge in [-0.25, -0.2) is 4.98 Å². The summed E-state index contributed by atoms with van der Waals surface area (Å²) >= 11 is 9.15. The average Bonchev–Trinajstić information content (AvgIpc) is 3.09. The van der Waals surface area contributed by atoms with Crippen molar-refractivity contribution >= 4 is 34.7 Å². The van der Waals surface area contributed by atoms with Crippen LogP contribution < -0.4 is 0 Å². The van der Waals surface area contributed by atoms with Crippen molar-refractivity contribution in [1.29, 1.82) is 0 Å². The molecule has 3 aromatic rings. The van der Waals surface area contributed by atoms with Crippen LogP contribution >= 0.6 is 34.7 Å². The number of thiazole rings is 1. The number of halogens is 1. The van der Waals surface area contributed by atoms with Gasteiger partial charge in [-0.3, -0.25) is 0 Å². The molecule has 1 aromatic carbocycles. The Morgan fingerprint density at radius 3 is 3.00 bits per heavy atom. The van der Waals surface area contributed by atoms with E-state index in [0.29, 0.717) is 16.8 Å². The van der Waals surface area contributed by atoms with Gasteiger partial charge in [0, 0.05) is 22.2 Å². The lowest BCUT2D eigenvalue weighted by atomic mass is 10.2. The summed E-state index contributed by atoms with van der Waals surface area (Å²) in [5.41, 5.74) is 0.822. The Balaban J connectivity index is 1.79. The molecule has 0 spiro atoms. The Hall–Kier alpha value is -1.37. The molecule has 20 heavy (non-hydrogen) atoms. The lowest BCUT2D eigenvalue weighted by Crippen LogP contribution is -1.87. The fraction of sp³-hybridized carbons (Fsp3) is 0.154. The Bertz CT molecular complexity index is 699. The molecule has 0 N–H and O–H groups in total. The molecule has 3 rings (SSSR count). The van der Waals surface area contributed by atoms with E-state index in [1.165, 1.54) is 0 Å². The summed E-state index contributed by atoms with van der Waals surface area (Å²) in [6.07, 6.45) is 1.78. The maximum atomic E-state index is 5.96. The molecule has 0 radical (unpaired) electrons. The fourth-order valence-electron chi connectivity index (χ4n) is 1.61. The van der Waals surface area contributed by atoms with Crippen LogP contribution in [0.4, 0.5) is 0 Å². The highest BCUT2D eigenvalue weighted by Gasteiger charge is 2.17. The van der Waals surface area contributed by atoms with E-state index in [0.717, 1.165) is 9.90 Å². The second-order valence-corrected chi connectivity index (χ2v) is 6.93. The Labute approximate surface area is 129 Å². The van der Waals surface area contributed by atoms with Gasteiger partial charge in [0.15, 0.2) is 4.34 Å². The maximum absolute atomic E-state index is 5.96. The van der Waals surface area contributed by atoms with Crippen molar-refractivity contribution in [3.63, 3.8) is 0 Å². The van der Waals surface area contributed by atoms with Crippen molar-refractivity contribution in [2.45, 2.75) is 16.5 Å². The Morgan fingerprint density at radius 2 is 2.25 bits per heavy atom. The van der Waals surface area contributed by atoms with E-state index in [9.17, 15) is 0 Å². The van der Waals surface area contributed by atoms with Gasteiger partial charge in [-0.1, -0.05) is 29.4 Å². The van der Waals surface area contributed by atoms with Gasteiger partial charge >= 0.3 is 0 Å². The second kappa shape index (κ2) is 5.95. The van der Waals surface area contributed by atoms with Crippen LogP contribution in [0.3, 0.4) is 0 Å². The van der Waals surface area contributed by atoms with Crippen LogP contribution in [0.25, 0.3) is 11.5 Å². The van der Waals surface area contributed by atoms with Gasteiger partial charge in [0.25, 0.3) is 0 Å². The zero-order valence-electron chi connectivity index (χ0n) is 10.5. The van der Waals surface area contributed by atoms with Gasteiger partial charge in [0.05, 0.1) is 5.25 Å². The first kappa shape index (κ1) is 13.6. The summed E-state index contributed by atoms with van der Waals surface area (Å²) < 4.78 is 6.70. The van der Waals surface area contributed by atoms with Crippen LogP contribution in [-0.2, 0) is 0 Å². The molecule has 0 amide bonds. The molecule has 0 fully saturated rings. The first-order chi connectivity index (χ1) is 9.72. The van der Waals surface area contributed by atoms with Gasteiger partial charge in [0.1, 0.15) is 0 Å². The minimum absolute atomic E-state index is 0.0570. The average molecular weight is 324 g/mol. The SMILES string of the molecule is CC(Sc1nccs1)c1nnc(-c2cccc(Cl)c2)o1. The first-order valence-corrected chi connectivity index (χ1v) is 8.01. The molecule has 0 aliphatic heterocycles. The summed E-state index contributed by atoms with van der Waals surface area (Å²) in [6, 6.07) is 7.36. The minimum atomic E-state index is 0.0570. The first-order valence-electron chi connectivity index (χ1n) is 5.88. The van der Waals surface area contributed by atoms with Crippen molar-refractivity contribution in [3.8, 4) is 11.5 Å². The van der Waals surface area contributed by atoms with Crippen molar-refractivity contribution in [2.75, 3.05) is 0 Å². The molecule has 0 aliphatic carbocycles. The van der Waals surface area contributed by atoms with E-state index >= 15 is 0 Å². The second-order valence-electron chi connectivity index (χ2n) is 4.01. The molecule has 0 bridgehead atoms. The van der Waals surface area contributed by atoms with Crippen molar-refractivity contribution in [1.82, 2.24) is 15.2 Å². The molecule has 1 unspecified atom stereocenters. The van der Waals surface area contributed by atoms with Crippen molar-refractivity contribution < 1.29 is 4.42 Å². The van der Waals surface area contributed by atoms with E-state index in [-0.39, 0.29) is 5.25 Å². The van der Waals surface area contributed by atoms with Crippen LogP contribution in [0.2, 0.25) is 5.02 Å². The zero-order chi connectivity index (χ0) is 13.9. The van der Waals surface area contributed by atoms with Crippen LogP contribution in [-0.4, -0.2) is 15.2 Å². The molecular formula is C13H10ClN3OS2. The highest BCUT2D eigenvalue weighted by molar-refractivity contribution is 8.01. The summed E-state index contributed by atoms with van der Waals surface area (Å²) in [7, 11) is 0. The lowest BCUT2D eigenvalue weighted by Gasteiger charge is -2.02. The van der Waals surface area contributed by atoms with E-state index in [4.69, 9.17) is 16.0 Å². The number of thioether (sulfide) groups is 1. The molecule has 1 atom stereocenters. The smallest absolute Gasteiger partial charge is 0.247 e. The summed E-state index contributed by atoms with van der Waals surface area (Å²) in [5, 5.41) is 10.8. The number of benzene rings is 1. The Kier molecular flexibility index (Phi) is 4.05. The standard InChI is InChI=1S/C13H10ClN3OS2/c1-8(20-13-15-5-6-19-13)11-16-17-12(18-11)9-3-2-4-10(14)7-9/h2-8H,1H3. The van der Waals surface area contributed by atoms with Gasteiger partial charge in [0.2, 0.25) is 11.8 Å². The van der Waals surface area contributed by atoms with E-state index in [1.807, 2.05) is 30.5 Å². The zero-order valence-corrected chi connectivity index (χ0v) is 12.9. The highest BCUT2D eigenvalue weighted by Crippen LogP contribution is 2.36. The van der Waals surface area contributed by atoms with Gasteiger partial charge in [-0.05, 0) is 25.1 Å². The van der Waals surface area contributed by atoms with Gasteiger partial charge in [-0.2, -0.15) is 0 Å². The predicted octanol–water partition coefficient (Wildman–Crippen LogP) is 4.70. The minimum Gasteiger partial charge on any atom is -0.419 e. The number of nitrogens with zero attached hydrogens (tertiary/aromatic N) is 3. The molecule has 0 saturated heterocycles. The molecule has 7 heteroatoms.